The molecule has 1 aliphatic rings. The van der Waals surface area contributed by atoms with E-state index in [0.29, 0.717) is 6.54 Å². The van der Waals surface area contributed by atoms with Gasteiger partial charge in [0.25, 0.3) is 0 Å². The largest absolute Gasteiger partial charge is 0.443 e. The number of carbonyl (C=O) groups is 1. The minimum atomic E-state index is -0.528. The number of carbonyl (C=O) groups excluding carboxylic acids is 1. The highest BCUT2D eigenvalue weighted by Crippen LogP contribution is 2.38. The fraction of sp³-hybridized carbons (Fsp3) is 0.316. The minimum Gasteiger partial charge on any atom is -0.443 e. The standard InChI is InChI=1S/C19H21BrN2O2/c1-19(2,3)24-18(23)22-12-16(13-8-4-5-9-14(13)20)21-15-10-6-7-11-17(15)22/h4-11,16,21H,12H2,1-3H3/t16-/m1/s1. The predicted molar refractivity (Wildman–Crippen MR) is 101 cm³/mol. The maximum Gasteiger partial charge on any atom is 0.414 e. The van der Waals surface area contributed by atoms with Crippen molar-refractivity contribution in [3.8, 4) is 0 Å². The van der Waals surface area contributed by atoms with Crippen LogP contribution in [0.2, 0.25) is 0 Å². The number of halogens is 1. The van der Waals surface area contributed by atoms with Gasteiger partial charge in [-0.05, 0) is 44.5 Å². The van der Waals surface area contributed by atoms with Crippen molar-refractivity contribution in [2.75, 3.05) is 16.8 Å². The second kappa shape index (κ2) is 6.48. The Bertz CT molecular complexity index is 755. The first-order chi connectivity index (χ1) is 11.3. The number of hydrogen-bond acceptors (Lipinski definition) is 3. The van der Waals surface area contributed by atoms with Crippen molar-refractivity contribution < 1.29 is 9.53 Å². The molecule has 2 aromatic carbocycles. The summed E-state index contributed by atoms with van der Waals surface area (Å²) >= 11 is 3.60. The van der Waals surface area contributed by atoms with Gasteiger partial charge in [-0.1, -0.05) is 46.3 Å². The van der Waals surface area contributed by atoms with Gasteiger partial charge in [-0.2, -0.15) is 0 Å². The van der Waals surface area contributed by atoms with Gasteiger partial charge in [-0.25, -0.2) is 4.79 Å². The fourth-order valence-electron chi connectivity index (χ4n) is 2.77. The SMILES string of the molecule is CC(C)(C)OC(=O)N1C[C@H](c2ccccc2Br)Nc2ccccc21. The summed E-state index contributed by atoms with van der Waals surface area (Å²) in [6.07, 6.45) is -0.325. The molecule has 24 heavy (non-hydrogen) atoms. The van der Waals surface area contributed by atoms with E-state index in [1.807, 2.05) is 63.2 Å². The molecule has 0 saturated carbocycles. The van der Waals surface area contributed by atoms with Crippen LogP contribution in [0.5, 0.6) is 0 Å². The summed E-state index contributed by atoms with van der Waals surface area (Å²) in [5.41, 5.74) is 2.35. The van der Waals surface area contributed by atoms with Crippen molar-refractivity contribution in [1.82, 2.24) is 0 Å². The third-order valence-corrected chi connectivity index (χ3v) is 4.51. The van der Waals surface area contributed by atoms with E-state index in [9.17, 15) is 4.79 Å². The van der Waals surface area contributed by atoms with Crippen LogP contribution in [0.15, 0.2) is 53.0 Å². The third-order valence-electron chi connectivity index (χ3n) is 3.78. The highest BCUT2D eigenvalue weighted by atomic mass is 79.9. The van der Waals surface area contributed by atoms with E-state index in [4.69, 9.17) is 4.74 Å². The summed E-state index contributed by atoms with van der Waals surface area (Å²) in [4.78, 5) is 14.4. The highest BCUT2D eigenvalue weighted by molar-refractivity contribution is 9.10. The van der Waals surface area contributed by atoms with E-state index in [0.717, 1.165) is 21.4 Å². The zero-order valence-corrected chi connectivity index (χ0v) is 15.6. The topological polar surface area (TPSA) is 41.6 Å². The zero-order chi connectivity index (χ0) is 17.3. The molecule has 0 unspecified atom stereocenters. The lowest BCUT2D eigenvalue weighted by atomic mass is 10.0. The van der Waals surface area contributed by atoms with Gasteiger partial charge in [0.05, 0.1) is 24.0 Å². The van der Waals surface area contributed by atoms with Crippen LogP contribution < -0.4 is 10.2 Å². The average molecular weight is 389 g/mol. The Hall–Kier alpha value is -2.01. The Balaban J connectivity index is 1.96. The first kappa shape index (κ1) is 16.8. The lowest BCUT2D eigenvalue weighted by Crippen LogP contribution is -2.43. The normalized spacial score (nSPS) is 17.0. The second-order valence-corrected chi connectivity index (χ2v) is 7.68. The molecule has 5 heteroatoms. The molecular formula is C19H21BrN2O2. The van der Waals surface area contributed by atoms with Crippen molar-refractivity contribution in [2.24, 2.45) is 0 Å². The summed E-state index contributed by atoms with van der Waals surface area (Å²) < 4.78 is 6.62. The van der Waals surface area contributed by atoms with E-state index in [-0.39, 0.29) is 12.1 Å². The number of anilines is 2. The lowest BCUT2D eigenvalue weighted by molar-refractivity contribution is 0.0577. The lowest BCUT2D eigenvalue weighted by Gasteiger charge is -2.37. The molecule has 0 bridgehead atoms. The molecule has 4 nitrogen and oxygen atoms in total. The summed E-state index contributed by atoms with van der Waals surface area (Å²) in [6, 6.07) is 15.8. The van der Waals surface area contributed by atoms with Crippen LogP contribution in [0, 0.1) is 0 Å². The van der Waals surface area contributed by atoms with Crippen LogP contribution >= 0.6 is 15.9 Å². The molecule has 0 radical (unpaired) electrons. The zero-order valence-electron chi connectivity index (χ0n) is 14.0. The molecule has 0 spiro atoms. The van der Waals surface area contributed by atoms with Gasteiger partial charge in [0.15, 0.2) is 0 Å². The quantitative estimate of drug-likeness (QED) is 0.714. The molecular weight excluding hydrogens is 368 g/mol. The molecule has 0 aromatic heterocycles. The Morgan fingerprint density at radius 2 is 1.83 bits per heavy atom. The maximum absolute atomic E-state index is 12.7. The molecule has 0 aliphatic carbocycles. The summed E-state index contributed by atoms with van der Waals surface area (Å²) in [6.45, 7) is 6.15. The van der Waals surface area contributed by atoms with Crippen LogP contribution in [-0.4, -0.2) is 18.2 Å². The van der Waals surface area contributed by atoms with Gasteiger partial charge in [0, 0.05) is 4.47 Å². The number of rotatable bonds is 1. The minimum absolute atomic E-state index is 0.0111. The van der Waals surface area contributed by atoms with Gasteiger partial charge in [-0.3, -0.25) is 4.90 Å². The van der Waals surface area contributed by atoms with E-state index >= 15 is 0 Å². The molecule has 1 atom stereocenters. The van der Waals surface area contributed by atoms with Crippen molar-refractivity contribution in [1.29, 1.82) is 0 Å². The van der Waals surface area contributed by atoms with Gasteiger partial charge in [-0.15, -0.1) is 0 Å². The van der Waals surface area contributed by atoms with Crippen LogP contribution in [0.4, 0.5) is 16.2 Å². The molecule has 1 amide bonds. The van der Waals surface area contributed by atoms with Crippen LogP contribution in [0.1, 0.15) is 32.4 Å². The van der Waals surface area contributed by atoms with Crippen molar-refractivity contribution >= 4 is 33.4 Å². The molecule has 1 aliphatic heterocycles. The summed E-state index contributed by atoms with van der Waals surface area (Å²) in [5.74, 6) is 0. The number of para-hydroxylation sites is 2. The molecule has 2 aromatic rings. The third kappa shape index (κ3) is 3.56. The van der Waals surface area contributed by atoms with Crippen LogP contribution in [0.3, 0.4) is 0 Å². The number of nitrogens with one attached hydrogen (secondary N) is 1. The van der Waals surface area contributed by atoms with Gasteiger partial charge in [0.1, 0.15) is 5.60 Å². The predicted octanol–water partition coefficient (Wildman–Crippen LogP) is 5.36. The first-order valence-electron chi connectivity index (χ1n) is 7.96. The molecule has 126 valence electrons. The molecule has 0 saturated heterocycles. The number of hydrogen-bond donors (Lipinski definition) is 1. The number of benzene rings is 2. The first-order valence-corrected chi connectivity index (χ1v) is 8.75. The molecule has 1 N–H and O–H groups in total. The monoisotopic (exact) mass is 388 g/mol. The summed E-state index contributed by atoms with van der Waals surface area (Å²) in [5, 5.41) is 3.52. The Morgan fingerprint density at radius 3 is 2.54 bits per heavy atom. The van der Waals surface area contributed by atoms with Crippen molar-refractivity contribution in [2.45, 2.75) is 32.4 Å². The van der Waals surface area contributed by atoms with Gasteiger partial charge < -0.3 is 10.1 Å². The van der Waals surface area contributed by atoms with Crippen LogP contribution in [0.25, 0.3) is 0 Å². The fourth-order valence-corrected chi connectivity index (χ4v) is 3.33. The summed E-state index contributed by atoms with van der Waals surface area (Å²) in [7, 11) is 0. The smallest absolute Gasteiger partial charge is 0.414 e. The molecule has 3 rings (SSSR count). The van der Waals surface area contributed by atoms with Crippen molar-refractivity contribution in [3.63, 3.8) is 0 Å². The van der Waals surface area contributed by atoms with Crippen LogP contribution in [-0.2, 0) is 4.74 Å². The Morgan fingerprint density at radius 1 is 1.17 bits per heavy atom. The number of fused-ring (bicyclic) bond motifs is 1. The number of nitrogens with zero attached hydrogens (tertiary/aromatic N) is 1. The molecule has 1 heterocycles. The van der Waals surface area contributed by atoms with E-state index in [2.05, 4.69) is 27.3 Å². The number of ether oxygens (including phenoxy) is 1. The Labute approximate surface area is 150 Å². The van der Waals surface area contributed by atoms with Gasteiger partial charge >= 0.3 is 6.09 Å². The molecule has 0 fully saturated rings. The van der Waals surface area contributed by atoms with Crippen molar-refractivity contribution in [3.05, 3.63) is 58.6 Å². The maximum atomic E-state index is 12.7. The van der Waals surface area contributed by atoms with E-state index < -0.39 is 5.60 Å². The average Bonchev–Trinajstić information content (AvgIpc) is 2.52. The number of amides is 1. The Kier molecular flexibility index (Phi) is 4.54. The van der Waals surface area contributed by atoms with E-state index in [1.165, 1.54) is 0 Å². The van der Waals surface area contributed by atoms with E-state index in [1.54, 1.807) is 4.90 Å². The van der Waals surface area contributed by atoms with Gasteiger partial charge in [0.2, 0.25) is 0 Å². The highest BCUT2D eigenvalue weighted by Gasteiger charge is 2.32. The second-order valence-electron chi connectivity index (χ2n) is 6.83.